The standard InChI is InChI=1S/C19H15ClFN5O3/c1-10-2-3-11(20)8-14(10)22-15(27)9-25-17-16(23-24-25)18(28)26(19(17)29)13-6-4-12(21)5-7-13/h2-8,16-17H,9H2,1H3,(H,22,27)/t16-,17-/m0/s1. The van der Waals surface area contributed by atoms with Gasteiger partial charge in [-0.15, -0.1) is 0 Å². The van der Waals surface area contributed by atoms with E-state index < -0.39 is 35.6 Å². The molecule has 2 aromatic rings. The van der Waals surface area contributed by atoms with E-state index in [1.807, 2.05) is 6.92 Å². The molecule has 0 saturated carbocycles. The Morgan fingerprint density at radius 2 is 1.90 bits per heavy atom. The Morgan fingerprint density at radius 1 is 1.17 bits per heavy atom. The molecule has 1 saturated heterocycles. The highest BCUT2D eigenvalue weighted by molar-refractivity contribution is 6.31. The quantitative estimate of drug-likeness (QED) is 0.777. The summed E-state index contributed by atoms with van der Waals surface area (Å²) >= 11 is 5.96. The maximum Gasteiger partial charge on any atom is 0.263 e. The molecule has 0 aliphatic carbocycles. The van der Waals surface area contributed by atoms with Crippen LogP contribution in [0.15, 0.2) is 52.8 Å². The van der Waals surface area contributed by atoms with E-state index >= 15 is 0 Å². The summed E-state index contributed by atoms with van der Waals surface area (Å²) in [5, 5.41) is 12.1. The second-order valence-corrected chi connectivity index (χ2v) is 7.12. The van der Waals surface area contributed by atoms with Gasteiger partial charge in [0.15, 0.2) is 12.1 Å². The first-order chi connectivity index (χ1) is 13.8. The number of rotatable bonds is 4. The number of nitrogens with one attached hydrogen (secondary N) is 1. The number of carbonyl (C=O) groups is 3. The number of imide groups is 1. The number of nitrogens with zero attached hydrogens (tertiary/aromatic N) is 4. The Labute approximate surface area is 169 Å². The maximum atomic E-state index is 13.2. The third-order valence-electron chi connectivity index (χ3n) is 4.72. The van der Waals surface area contributed by atoms with E-state index in [0.717, 1.165) is 22.6 Å². The summed E-state index contributed by atoms with van der Waals surface area (Å²) in [4.78, 5) is 38.8. The highest BCUT2D eigenvalue weighted by Crippen LogP contribution is 2.32. The van der Waals surface area contributed by atoms with Crippen LogP contribution >= 0.6 is 11.6 Å². The Kier molecular flexibility index (Phi) is 4.75. The molecule has 2 atom stereocenters. The van der Waals surface area contributed by atoms with Crippen LogP contribution in [0.3, 0.4) is 0 Å². The molecule has 2 heterocycles. The fourth-order valence-corrected chi connectivity index (χ4v) is 3.44. The molecule has 29 heavy (non-hydrogen) atoms. The molecule has 2 aliphatic rings. The summed E-state index contributed by atoms with van der Waals surface area (Å²) in [7, 11) is 0. The molecule has 2 aliphatic heterocycles. The predicted molar refractivity (Wildman–Crippen MR) is 103 cm³/mol. The van der Waals surface area contributed by atoms with Crippen molar-refractivity contribution in [2.45, 2.75) is 19.0 Å². The first kappa shape index (κ1) is 19.0. The molecule has 10 heteroatoms. The lowest BCUT2D eigenvalue weighted by molar-refractivity contribution is -0.123. The number of fused-ring (bicyclic) bond motifs is 1. The maximum absolute atomic E-state index is 13.2. The van der Waals surface area contributed by atoms with Crippen LogP contribution in [0.25, 0.3) is 0 Å². The van der Waals surface area contributed by atoms with Gasteiger partial charge in [-0.3, -0.25) is 19.4 Å². The van der Waals surface area contributed by atoms with Crippen molar-refractivity contribution >= 4 is 40.7 Å². The molecule has 2 aromatic carbocycles. The fraction of sp³-hybridized carbons (Fsp3) is 0.211. The van der Waals surface area contributed by atoms with Crippen molar-refractivity contribution < 1.29 is 18.8 Å². The summed E-state index contributed by atoms with van der Waals surface area (Å²) < 4.78 is 13.2. The number of amides is 3. The predicted octanol–water partition coefficient (Wildman–Crippen LogP) is 2.72. The van der Waals surface area contributed by atoms with Gasteiger partial charge in [-0.05, 0) is 48.9 Å². The number of benzene rings is 2. The van der Waals surface area contributed by atoms with E-state index in [0.29, 0.717) is 10.7 Å². The lowest BCUT2D eigenvalue weighted by atomic mass is 10.1. The Morgan fingerprint density at radius 3 is 2.62 bits per heavy atom. The van der Waals surface area contributed by atoms with Gasteiger partial charge in [0.2, 0.25) is 5.91 Å². The van der Waals surface area contributed by atoms with Crippen LogP contribution in [0, 0.1) is 12.7 Å². The zero-order valence-corrected chi connectivity index (χ0v) is 15.9. The molecule has 1 fully saturated rings. The third kappa shape index (κ3) is 3.44. The van der Waals surface area contributed by atoms with E-state index in [9.17, 15) is 18.8 Å². The van der Waals surface area contributed by atoms with Crippen LogP contribution in [0.5, 0.6) is 0 Å². The van der Waals surface area contributed by atoms with Crippen molar-refractivity contribution in [3.05, 3.63) is 58.9 Å². The monoisotopic (exact) mass is 415 g/mol. The van der Waals surface area contributed by atoms with E-state index in [-0.39, 0.29) is 12.2 Å². The second kappa shape index (κ2) is 7.25. The smallest absolute Gasteiger partial charge is 0.263 e. The molecule has 1 N–H and O–H groups in total. The van der Waals surface area contributed by atoms with Gasteiger partial charge in [-0.2, -0.15) is 5.11 Å². The first-order valence-electron chi connectivity index (χ1n) is 8.72. The third-order valence-corrected chi connectivity index (χ3v) is 4.96. The van der Waals surface area contributed by atoms with E-state index in [4.69, 9.17) is 11.6 Å². The summed E-state index contributed by atoms with van der Waals surface area (Å²) in [6, 6.07) is 8.02. The molecular weight excluding hydrogens is 401 g/mol. The van der Waals surface area contributed by atoms with E-state index in [1.165, 1.54) is 17.1 Å². The van der Waals surface area contributed by atoms with Crippen LogP contribution in [-0.2, 0) is 14.4 Å². The molecule has 0 unspecified atom stereocenters. The average molecular weight is 416 g/mol. The molecule has 0 radical (unpaired) electrons. The topological polar surface area (TPSA) is 94.4 Å². The van der Waals surface area contributed by atoms with Gasteiger partial charge in [0.25, 0.3) is 11.8 Å². The highest BCUT2D eigenvalue weighted by Gasteiger charge is 2.55. The van der Waals surface area contributed by atoms with Crippen molar-refractivity contribution in [3.8, 4) is 0 Å². The van der Waals surface area contributed by atoms with Crippen LogP contribution in [0.2, 0.25) is 5.02 Å². The number of anilines is 2. The Hall–Kier alpha value is -3.33. The largest absolute Gasteiger partial charge is 0.324 e. The van der Waals surface area contributed by atoms with Crippen molar-refractivity contribution in [2.24, 2.45) is 10.3 Å². The van der Waals surface area contributed by atoms with Crippen LogP contribution < -0.4 is 10.2 Å². The van der Waals surface area contributed by atoms with Crippen molar-refractivity contribution in [2.75, 3.05) is 16.8 Å². The number of hydrogen-bond donors (Lipinski definition) is 1. The average Bonchev–Trinajstić information content (AvgIpc) is 3.19. The normalized spacial score (nSPS) is 20.4. The number of halogens is 2. The highest BCUT2D eigenvalue weighted by atomic mass is 35.5. The summed E-state index contributed by atoms with van der Waals surface area (Å²) in [5.74, 6) is -2.05. The van der Waals surface area contributed by atoms with Crippen LogP contribution in [0.1, 0.15) is 5.56 Å². The van der Waals surface area contributed by atoms with Gasteiger partial charge in [0.1, 0.15) is 12.4 Å². The minimum atomic E-state index is -1.03. The van der Waals surface area contributed by atoms with Crippen molar-refractivity contribution in [3.63, 3.8) is 0 Å². The van der Waals surface area contributed by atoms with Gasteiger partial charge in [-0.25, -0.2) is 9.29 Å². The van der Waals surface area contributed by atoms with Crippen LogP contribution in [0.4, 0.5) is 15.8 Å². The SMILES string of the molecule is Cc1ccc(Cl)cc1NC(=O)CN1N=N[C@@H]2C(=O)N(c3ccc(F)cc3)C(=O)[C@H]21. The van der Waals surface area contributed by atoms with Crippen LogP contribution in [-0.4, -0.2) is 41.4 Å². The minimum Gasteiger partial charge on any atom is -0.324 e. The molecular formula is C19H15ClFN5O3. The first-order valence-corrected chi connectivity index (χ1v) is 9.10. The zero-order chi connectivity index (χ0) is 20.7. The van der Waals surface area contributed by atoms with Crippen molar-refractivity contribution in [1.82, 2.24) is 5.01 Å². The van der Waals surface area contributed by atoms with Gasteiger partial charge in [-0.1, -0.05) is 22.9 Å². The summed E-state index contributed by atoms with van der Waals surface area (Å²) in [6.45, 7) is 1.55. The van der Waals surface area contributed by atoms with Gasteiger partial charge < -0.3 is 5.32 Å². The van der Waals surface area contributed by atoms with Crippen molar-refractivity contribution in [1.29, 1.82) is 0 Å². The molecule has 3 amide bonds. The molecule has 0 spiro atoms. The minimum absolute atomic E-state index is 0.241. The van der Waals surface area contributed by atoms with E-state index in [1.54, 1.807) is 18.2 Å². The number of hydrogen-bond acceptors (Lipinski definition) is 6. The number of carbonyl (C=O) groups excluding carboxylic acids is 3. The lowest BCUT2D eigenvalue weighted by Gasteiger charge is -2.20. The molecule has 0 bridgehead atoms. The fourth-order valence-electron chi connectivity index (χ4n) is 3.26. The molecule has 0 aromatic heterocycles. The zero-order valence-electron chi connectivity index (χ0n) is 15.2. The molecule has 8 nitrogen and oxygen atoms in total. The summed E-state index contributed by atoms with van der Waals surface area (Å²) in [5.41, 5.74) is 1.60. The summed E-state index contributed by atoms with van der Waals surface area (Å²) in [6.07, 6.45) is 0. The van der Waals surface area contributed by atoms with Gasteiger partial charge in [0, 0.05) is 10.7 Å². The second-order valence-electron chi connectivity index (χ2n) is 6.69. The lowest BCUT2D eigenvalue weighted by Crippen LogP contribution is -2.43. The number of aryl methyl sites for hydroxylation is 1. The van der Waals surface area contributed by atoms with Gasteiger partial charge >= 0.3 is 0 Å². The van der Waals surface area contributed by atoms with Gasteiger partial charge in [0.05, 0.1) is 5.69 Å². The van der Waals surface area contributed by atoms with E-state index in [2.05, 4.69) is 15.7 Å². The molecule has 4 rings (SSSR count). The Bertz CT molecular complexity index is 1040. The molecule has 148 valence electrons. The Balaban J connectivity index is 1.49.